The summed E-state index contributed by atoms with van der Waals surface area (Å²) >= 11 is 4.17. The van der Waals surface area contributed by atoms with Crippen LogP contribution in [0.3, 0.4) is 0 Å². The molecule has 3 aromatic rings. The van der Waals surface area contributed by atoms with Crippen molar-refractivity contribution in [2.45, 2.75) is 102 Å². The first-order valence-corrected chi connectivity index (χ1v) is 21.2. The average Bonchev–Trinajstić information content (AvgIpc) is 3.25. The predicted octanol–water partition coefficient (Wildman–Crippen LogP) is 1.04. The molecule has 0 aromatic heterocycles. The third-order valence-corrected chi connectivity index (χ3v) is 10.9. The molecule has 0 saturated carbocycles. The Morgan fingerprint density at radius 2 is 1.19 bits per heavy atom. The fourth-order valence-electron chi connectivity index (χ4n) is 6.78. The van der Waals surface area contributed by atoms with Gasteiger partial charge in [-0.15, -0.1) is 0 Å². The minimum absolute atomic E-state index is 0.00997. The lowest BCUT2D eigenvalue weighted by Crippen LogP contribution is -2.61. The number of benzene rings is 3. The van der Waals surface area contributed by atoms with E-state index in [-0.39, 0.29) is 55.2 Å². The Bertz CT molecular complexity index is 2020. The maximum absolute atomic E-state index is 14.3. The van der Waals surface area contributed by atoms with Crippen molar-refractivity contribution in [3.63, 3.8) is 0 Å². The number of phenols is 3. The Kier molecular flexibility index (Phi) is 18.4. The standard InChI is InChI=1S/C44H57N7O10S/c1-4-25(2)38(51-43(60)37(24-62)46-26(3)52)44(61)50-36(23-29-12-18-32(55)19-13-29)41(58)47-33-7-5-6-20-45-39(56)34(21-27-8-14-30(53)15-9-27)48-42(59)35(49-40(33)57)22-28-10-16-31(54)17-11-28/h8-19,25,33-38,53-55,62H,4-7,20-24H2,1-3H3,(H,45,56)(H,46,52)(H,47,58)(H,48,59)(H,49,57)(H,50,61)(H,51,60)/t25?,33-,34-,35-,36-,37-,38-/m0/s1. The van der Waals surface area contributed by atoms with Gasteiger partial charge in [-0.05, 0) is 78.3 Å². The molecule has 10 N–H and O–H groups in total. The molecule has 7 atom stereocenters. The number of hydrogen-bond donors (Lipinski definition) is 11. The van der Waals surface area contributed by atoms with E-state index in [0.717, 1.165) is 0 Å². The molecule has 4 rings (SSSR count). The number of thiol groups is 1. The second-order valence-corrected chi connectivity index (χ2v) is 15.8. The molecule has 1 fully saturated rings. The van der Waals surface area contributed by atoms with Crippen LogP contribution in [0.1, 0.15) is 63.1 Å². The van der Waals surface area contributed by atoms with Gasteiger partial charge >= 0.3 is 0 Å². The Morgan fingerprint density at radius 1 is 0.677 bits per heavy atom. The summed E-state index contributed by atoms with van der Waals surface area (Å²) in [4.78, 5) is 95.0. The first kappa shape index (κ1) is 48.4. The van der Waals surface area contributed by atoms with Crippen LogP contribution in [0.25, 0.3) is 0 Å². The van der Waals surface area contributed by atoms with Crippen molar-refractivity contribution in [2.75, 3.05) is 12.3 Å². The highest BCUT2D eigenvalue weighted by Crippen LogP contribution is 2.17. The van der Waals surface area contributed by atoms with Crippen molar-refractivity contribution in [1.29, 1.82) is 0 Å². The van der Waals surface area contributed by atoms with Crippen LogP contribution in [0, 0.1) is 5.92 Å². The second-order valence-electron chi connectivity index (χ2n) is 15.5. The van der Waals surface area contributed by atoms with E-state index in [0.29, 0.717) is 36.0 Å². The summed E-state index contributed by atoms with van der Waals surface area (Å²) in [5, 5.41) is 48.7. The molecular formula is C44H57N7O10S. The van der Waals surface area contributed by atoms with E-state index in [4.69, 9.17) is 0 Å². The molecule has 1 heterocycles. The zero-order chi connectivity index (χ0) is 45.3. The van der Waals surface area contributed by atoms with Gasteiger partial charge in [-0.1, -0.05) is 56.7 Å². The van der Waals surface area contributed by atoms with Crippen LogP contribution in [-0.2, 0) is 52.8 Å². The molecular weight excluding hydrogens is 819 g/mol. The third kappa shape index (κ3) is 15.0. The summed E-state index contributed by atoms with van der Waals surface area (Å²) < 4.78 is 0. The second kappa shape index (κ2) is 23.6. The van der Waals surface area contributed by atoms with Gasteiger partial charge in [0.1, 0.15) is 53.5 Å². The fraction of sp³-hybridized carbons (Fsp3) is 0.432. The maximum atomic E-state index is 14.3. The van der Waals surface area contributed by atoms with E-state index in [2.05, 4.69) is 49.8 Å². The molecule has 1 aliphatic rings. The number of phenolic OH excluding ortho intramolecular Hbond substituents is 3. The monoisotopic (exact) mass is 875 g/mol. The summed E-state index contributed by atoms with van der Waals surface area (Å²) in [6, 6.07) is 11.2. The van der Waals surface area contributed by atoms with Gasteiger partial charge in [-0.25, -0.2) is 0 Å². The number of nitrogens with one attached hydrogen (secondary N) is 7. The molecule has 17 nitrogen and oxygen atoms in total. The van der Waals surface area contributed by atoms with Crippen molar-refractivity contribution in [1.82, 2.24) is 37.2 Å². The highest BCUT2D eigenvalue weighted by Gasteiger charge is 2.35. The SMILES string of the molecule is CCC(C)[C@H](NC(=O)[C@H](CS)NC(C)=O)C(=O)N[C@@H](Cc1ccc(O)cc1)C(=O)N[C@H]1CCCCNC(=O)[C@H](Cc2ccc(O)cc2)NC(=O)[C@H](Cc2ccc(O)cc2)NC1=O. The van der Waals surface area contributed by atoms with E-state index in [9.17, 15) is 48.9 Å². The highest BCUT2D eigenvalue weighted by atomic mass is 32.1. The molecule has 7 amide bonds. The zero-order valence-corrected chi connectivity index (χ0v) is 35.9. The third-order valence-electron chi connectivity index (χ3n) is 10.5. The molecule has 1 saturated heterocycles. The van der Waals surface area contributed by atoms with Crippen LogP contribution in [-0.4, -0.2) is 105 Å². The Hall–Kier alpha value is -6.30. The number of rotatable bonds is 16. The number of hydrogen-bond acceptors (Lipinski definition) is 11. The van der Waals surface area contributed by atoms with Crippen LogP contribution in [0.4, 0.5) is 0 Å². The molecule has 18 heteroatoms. The largest absolute Gasteiger partial charge is 0.508 e. The molecule has 3 aromatic carbocycles. The smallest absolute Gasteiger partial charge is 0.244 e. The van der Waals surface area contributed by atoms with Crippen molar-refractivity contribution in [3.05, 3.63) is 89.5 Å². The summed E-state index contributed by atoms with van der Waals surface area (Å²) in [5.41, 5.74) is 1.79. The highest BCUT2D eigenvalue weighted by molar-refractivity contribution is 7.80. The van der Waals surface area contributed by atoms with Gasteiger partial charge in [0, 0.05) is 38.5 Å². The first-order chi connectivity index (χ1) is 29.6. The Balaban J connectivity index is 1.63. The molecule has 1 unspecified atom stereocenters. The van der Waals surface area contributed by atoms with E-state index < -0.39 is 83.5 Å². The lowest BCUT2D eigenvalue weighted by atomic mass is 9.96. The van der Waals surface area contributed by atoms with Gasteiger partial charge in [-0.2, -0.15) is 12.6 Å². The van der Waals surface area contributed by atoms with E-state index in [1.54, 1.807) is 43.3 Å². The average molecular weight is 876 g/mol. The number of carbonyl (C=O) groups is 7. The van der Waals surface area contributed by atoms with Crippen LogP contribution in [0.15, 0.2) is 72.8 Å². The maximum Gasteiger partial charge on any atom is 0.244 e. The molecule has 0 spiro atoms. The fourth-order valence-corrected chi connectivity index (χ4v) is 7.04. The minimum atomic E-state index is -1.31. The van der Waals surface area contributed by atoms with Crippen molar-refractivity contribution >= 4 is 54.0 Å². The number of carbonyl (C=O) groups excluding carboxylic acids is 7. The molecule has 0 bridgehead atoms. The Labute approximate surface area is 366 Å². The van der Waals surface area contributed by atoms with Crippen molar-refractivity contribution in [3.8, 4) is 17.2 Å². The number of aromatic hydroxyl groups is 3. The van der Waals surface area contributed by atoms with E-state index in [1.165, 1.54) is 43.3 Å². The summed E-state index contributed by atoms with van der Waals surface area (Å²) in [6.45, 7) is 5.01. The predicted molar refractivity (Wildman–Crippen MR) is 233 cm³/mol. The van der Waals surface area contributed by atoms with Gasteiger partial charge in [0.05, 0.1) is 0 Å². The van der Waals surface area contributed by atoms with Crippen LogP contribution >= 0.6 is 12.6 Å². The normalized spacial score (nSPS) is 19.2. The van der Waals surface area contributed by atoms with E-state index in [1.807, 2.05) is 6.92 Å². The lowest BCUT2D eigenvalue weighted by Gasteiger charge is -2.29. The molecule has 0 radical (unpaired) electrons. The topological polar surface area (TPSA) is 264 Å². The van der Waals surface area contributed by atoms with Crippen LogP contribution in [0.2, 0.25) is 0 Å². The molecule has 0 aliphatic carbocycles. The van der Waals surface area contributed by atoms with Crippen molar-refractivity contribution < 1.29 is 48.9 Å². The molecule has 334 valence electrons. The van der Waals surface area contributed by atoms with E-state index >= 15 is 0 Å². The van der Waals surface area contributed by atoms with Gasteiger partial charge in [0.15, 0.2) is 0 Å². The summed E-state index contributed by atoms with van der Waals surface area (Å²) in [7, 11) is 0. The molecule has 62 heavy (non-hydrogen) atoms. The summed E-state index contributed by atoms with van der Waals surface area (Å²) in [6.07, 6.45) is 1.23. The number of amides is 7. The van der Waals surface area contributed by atoms with Crippen molar-refractivity contribution in [2.24, 2.45) is 5.92 Å². The zero-order valence-electron chi connectivity index (χ0n) is 35.0. The van der Waals surface area contributed by atoms with Gasteiger partial charge < -0.3 is 52.5 Å². The van der Waals surface area contributed by atoms with Gasteiger partial charge in [0.25, 0.3) is 0 Å². The first-order valence-electron chi connectivity index (χ1n) is 20.6. The van der Waals surface area contributed by atoms with Crippen LogP contribution in [0.5, 0.6) is 17.2 Å². The van der Waals surface area contributed by atoms with Gasteiger partial charge in [-0.3, -0.25) is 33.6 Å². The van der Waals surface area contributed by atoms with Crippen LogP contribution < -0.4 is 37.2 Å². The summed E-state index contributed by atoms with van der Waals surface area (Å²) in [5.74, 6) is -4.88. The molecule has 1 aliphatic heterocycles. The lowest BCUT2D eigenvalue weighted by molar-refractivity contribution is -0.135. The minimum Gasteiger partial charge on any atom is -0.508 e. The quantitative estimate of drug-likeness (QED) is 0.0912. The van der Waals surface area contributed by atoms with Gasteiger partial charge in [0.2, 0.25) is 41.4 Å². The Morgan fingerprint density at radius 3 is 1.71 bits per heavy atom.